The average molecular weight is 467 g/mol. The molecule has 0 aliphatic heterocycles. The van der Waals surface area contributed by atoms with E-state index in [-0.39, 0.29) is 32.8 Å². The first-order chi connectivity index (χ1) is 8.00. The van der Waals surface area contributed by atoms with Gasteiger partial charge in [0.15, 0.2) is 0 Å². The Hall–Kier alpha value is 0.0203. The van der Waals surface area contributed by atoms with Gasteiger partial charge >= 0.3 is 0 Å². The van der Waals surface area contributed by atoms with E-state index in [1.807, 2.05) is 11.9 Å². The maximum atomic E-state index is 10.5. The Morgan fingerprint density at radius 2 is 1.89 bits per heavy atom. The number of rotatable bonds is 6. The Morgan fingerprint density at radius 1 is 1.33 bits per heavy atom. The van der Waals surface area contributed by atoms with Gasteiger partial charge in [-0.3, -0.25) is 10.1 Å². The standard InChI is InChI=1S/C11H16N2O2S2.Au/c1-12(11(16)17)8-2-3-9-4-6-10(7-5-9)13(14)15;/h4-7,11,16-17H,2-3,8H2,1H3;/p-2. The number of benzene rings is 1. The van der Waals surface area contributed by atoms with Crippen LogP contribution in [-0.4, -0.2) is 28.1 Å². The van der Waals surface area contributed by atoms with Crippen LogP contribution in [0.3, 0.4) is 0 Å². The van der Waals surface area contributed by atoms with Crippen molar-refractivity contribution in [2.75, 3.05) is 13.6 Å². The molecule has 0 bridgehead atoms. The molecule has 18 heavy (non-hydrogen) atoms. The molecular formula is C11H14AuN2O2S2-2. The summed E-state index contributed by atoms with van der Waals surface area (Å²) >= 11 is 9.89. The molecule has 0 fully saturated rings. The Morgan fingerprint density at radius 3 is 2.33 bits per heavy atom. The number of hydrogen-bond donors (Lipinski definition) is 0. The minimum Gasteiger partial charge on any atom is -0.800 e. The van der Waals surface area contributed by atoms with Crippen molar-refractivity contribution in [3.8, 4) is 0 Å². The Labute approximate surface area is 134 Å². The molecule has 0 spiro atoms. The smallest absolute Gasteiger partial charge is 0.269 e. The van der Waals surface area contributed by atoms with Crippen molar-refractivity contribution in [2.45, 2.75) is 17.5 Å². The summed E-state index contributed by atoms with van der Waals surface area (Å²) in [5.41, 5.74) is 1.22. The fraction of sp³-hybridized carbons (Fsp3) is 0.455. The Balaban J connectivity index is 0.00000289. The fourth-order valence-electron chi connectivity index (χ4n) is 1.42. The predicted molar refractivity (Wildman–Crippen MR) is 72.6 cm³/mol. The molecule has 105 valence electrons. The quantitative estimate of drug-likeness (QED) is 0.277. The third kappa shape index (κ3) is 6.26. The third-order valence-electron chi connectivity index (χ3n) is 2.48. The summed E-state index contributed by atoms with van der Waals surface area (Å²) in [7, 11) is 1.90. The van der Waals surface area contributed by atoms with Gasteiger partial charge in [0.1, 0.15) is 0 Å². The zero-order valence-corrected chi connectivity index (χ0v) is 13.6. The summed E-state index contributed by atoms with van der Waals surface area (Å²) < 4.78 is -0.271. The summed E-state index contributed by atoms with van der Waals surface area (Å²) in [6.07, 6.45) is 1.82. The summed E-state index contributed by atoms with van der Waals surface area (Å²) in [6, 6.07) is 6.64. The van der Waals surface area contributed by atoms with Gasteiger partial charge in [-0.1, -0.05) is 12.1 Å². The Bertz CT molecular complexity index is 374. The van der Waals surface area contributed by atoms with Crippen LogP contribution < -0.4 is 0 Å². The van der Waals surface area contributed by atoms with Gasteiger partial charge in [0.05, 0.1) is 4.92 Å². The first-order valence-electron chi connectivity index (χ1n) is 5.26. The van der Waals surface area contributed by atoms with Crippen molar-refractivity contribution >= 4 is 30.9 Å². The maximum Gasteiger partial charge on any atom is 0.269 e. The van der Waals surface area contributed by atoms with Crippen LogP contribution in [0.25, 0.3) is 0 Å². The second kappa shape index (κ2) is 9.01. The molecule has 0 aliphatic carbocycles. The maximum absolute atomic E-state index is 10.5. The number of nitro groups is 1. The zero-order valence-electron chi connectivity index (χ0n) is 9.84. The minimum atomic E-state index is -0.392. The monoisotopic (exact) mass is 467 g/mol. The molecule has 1 aromatic carbocycles. The van der Waals surface area contributed by atoms with Crippen molar-refractivity contribution in [1.29, 1.82) is 0 Å². The molecule has 0 amide bonds. The number of nitro benzene ring substituents is 1. The van der Waals surface area contributed by atoms with E-state index in [1.165, 1.54) is 12.1 Å². The van der Waals surface area contributed by atoms with Crippen molar-refractivity contribution in [3.63, 3.8) is 0 Å². The van der Waals surface area contributed by atoms with E-state index >= 15 is 0 Å². The van der Waals surface area contributed by atoms with Gasteiger partial charge in [-0.05, 0) is 32.0 Å². The van der Waals surface area contributed by atoms with Gasteiger partial charge in [0.25, 0.3) is 5.69 Å². The number of aryl methyl sites for hydroxylation is 1. The van der Waals surface area contributed by atoms with Crippen LogP contribution in [0.4, 0.5) is 5.69 Å². The van der Waals surface area contributed by atoms with Crippen molar-refractivity contribution in [2.24, 2.45) is 0 Å². The Kier molecular flexibility index (Phi) is 9.02. The first kappa shape index (κ1) is 18.0. The largest absolute Gasteiger partial charge is 0.800 e. The van der Waals surface area contributed by atoms with Crippen LogP contribution in [0.1, 0.15) is 12.0 Å². The topological polar surface area (TPSA) is 46.4 Å². The van der Waals surface area contributed by atoms with Crippen LogP contribution in [-0.2, 0) is 54.1 Å². The van der Waals surface area contributed by atoms with Gasteiger partial charge in [-0.2, -0.15) is 0 Å². The second-order valence-corrected chi connectivity index (χ2v) is 5.01. The molecule has 1 aromatic rings. The summed E-state index contributed by atoms with van der Waals surface area (Å²) in [4.78, 5) is 12.0. The second-order valence-electron chi connectivity index (χ2n) is 3.81. The number of hydrogen-bond acceptors (Lipinski definition) is 5. The summed E-state index contributed by atoms with van der Waals surface area (Å²) in [5.74, 6) is 0. The van der Waals surface area contributed by atoms with Gasteiger partial charge < -0.3 is 30.2 Å². The summed E-state index contributed by atoms with van der Waals surface area (Å²) in [5, 5.41) is 10.5. The van der Waals surface area contributed by atoms with Crippen LogP contribution in [0.15, 0.2) is 24.3 Å². The SMILES string of the molecule is CN(CCCc1ccc([N+](=O)[O-])cc1)C([S-])[S-].[Au]. The molecular weight excluding hydrogens is 453 g/mol. The molecule has 0 N–H and O–H groups in total. The van der Waals surface area contributed by atoms with E-state index in [4.69, 9.17) is 25.3 Å². The molecule has 1 rings (SSSR count). The zero-order chi connectivity index (χ0) is 12.8. The van der Waals surface area contributed by atoms with E-state index in [0.717, 1.165) is 24.9 Å². The van der Waals surface area contributed by atoms with Crippen molar-refractivity contribution in [3.05, 3.63) is 39.9 Å². The van der Waals surface area contributed by atoms with Gasteiger partial charge in [-0.15, -0.1) is 0 Å². The number of non-ortho nitro benzene ring substituents is 1. The number of nitrogens with zero attached hydrogens (tertiary/aromatic N) is 2. The van der Waals surface area contributed by atoms with Gasteiger partial charge in [0, 0.05) is 34.5 Å². The van der Waals surface area contributed by atoms with E-state index in [2.05, 4.69) is 0 Å². The van der Waals surface area contributed by atoms with Crippen LogP contribution in [0.2, 0.25) is 0 Å². The molecule has 0 unspecified atom stereocenters. The van der Waals surface area contributed by atoms with Crippen molar-refractivity contribution < 1.29 is 27.3 Å². The molecule has 1 radical (unpaired) electrons. The molecule has 4 nitrogen and oxygen atoms in total. The molecule has 0 saturated carbocycles. The molecule has 0 aliphatic rings. The van der Waals surface area contributed by atoms with E-state index in [0.29, 0.717) is 0 Å². The van der Waals surface area contributed by atoms with E-state index in [9.17, 15) is 10.1 Å². The predicted octanol–water partition coefficient (Wildman–Crippen LogP) is 1.83. The summed E-state index contributed by atoms with van der Waals surface area (Å²) in [6.45, 7) is 0.842. The van der Waals surface area contributed by atoms with E-state index in [1.54, 1.807) is 12.1 Å². The van der Waals surface area contributed by atoms with Gasteiger partial charge in [0.2, 0.25) is 0 Å². The molecule has 0 atom stereocenters. The fourth-order valence-corrected chi connectivity index (χ4v) is 1.63. The first-order valence-corrected chi connectivity index (χ1v) is 6.20. The van der Waals surface area contributed by atoms with Crippen LogP contribution in [0.5, 0.6) is 0 Å². The third-order valence-corrected chi connectivity index (χ3v) is 3.20. The molecule has 0 aromatic heterocycles. The molecule has 7 heteroatoms. The molecule has 0 heterocycles. The van der Waals surface area contributed by atoms with Gasteiger partial charge in [-0.25, -0.2) is 4.71 Å². The minimum absolute atomic E-state index is 0. The van der Waals surface area contributed by atoms with Crippen LogP contribution in [0, 0.1) is 10.1 Å². The average Bonchev–Trinajstić information content (AvgIpc) is 2.29. The normalized spacial score (nSPS) is 10.5. The van der Waals surface area contributed by atoms with Crippen molar-refractivity contribution in [1.82, 2.24) is 4.90 Å². The molecule has 0 saturated heterocycles. The van der Waals surface area contributed by atoms with E-state index < -0.39 is 4.92 Å². The van der Waals surface area contributed by atoms with Crippen LogP contribution >= 0.6 is 0 Å².